The van der Waals surface area contributed by atoms with Crippen LogP contribution in [0, 0.1) is 0 Å². The molecule has 0 bridgehead atoms. The Hall–Kier alpha value is -3.17. The summed E-state index contributed by atoms with van der Waals surface area (Å²) in [5.41, 5.74) is 0.0606. The van der Waals surface area contributed by atoms with E-state index in [1.54, 1.807) is 12.1 Å². The van der Waals surface area contributed by atoms with Crippen molar-refractivity contribution in [1.29, 1.82) is 0 Å². The van der Waals surface area contributed by atoms with Gasteiger partial charge >= 0.3 is 17.9 Å². The van der Waals surface area contributed by atoms with Crippen LogP contribution in [0.15, 0.2) is 49.6 Å². The lowest BCUT2D eigenvalue weighted by Gasteiger charge is -2.17. The smallest absolute Gasteiger partial charge is 0.344 e. The topological polar surface area (TPSA) is 129 Å². The zero-order valence-corrected chi connectivity index (χ0v) is 17.9. The molecule has 0 aliphatic heterocycles. The quantitative estimate of drug-likeness (QED) is 0.128. The molecule has 1 aromatic rings. The molecule has 2 unspecified atom stereocenters. The van der Waals surface area contributed by atoms with Crippen molar-refractivity contribution in [2.45, 2.75) is 51.1 Å². The molecule has 0 saturated heterocycles. The van der Waals surface area contributed by atoms with Crippen molar-refractivity contribution in [3.63, 3.8) is 0 Å². The maximum Gasteiger partial charge on any atom is 0.344 e. The summed E-state index contributed by atoms with van der Waals surface area (Å²) in [5.74, 6) is -1.71. The number of benzene rings is 1. The lowest BCUT2D eigenvalue weighted by molar-refractivity contribution is -0.138. The van der Waals surface area contributed by atoms with Gasteiger partial charge in [0, 0.05) is 25.0 Å². The van der Waals surface area contributed by atoms with Gasteiger partial charge < -0.3 is 29.2 Å². The molecular weight excluding hydrogens is 420 g/mol. The lowest BCUT2D eigenvalue weighted by atomic mass is 10.2. The van der Waals surface area contributed by atoms with Crippen molar-refractivity contribution < 1.29 is 43.5 Å². The van der Waals surface area contributed by atoms with Crippen LogP contribution in [-0.4, -0.2) is 53.9 Å². The Bertz CT molecular complexity index is 760. The van der Waals surface area contributed by atoms with Crippen LogP contribution in [0.2, 0.25) is 0 Å². The summed E-state index contributed by atoms with van der Waals surface area (Å²) >= 11 is 0. The molecule has 0 amide bonds. The molecule has 0 fully saturated rings. The number of carbonyl (C=O) groups is 3. The molecule has 2 atom stereocenters. The van der Waals surface area contributed by atoms with E-state index in [9.17, 15) is 24.6 Å². The van der Waals surface area contributed by atoms with Crippen LogP contribution < -0.4 is 4.74 Å². The number of carbonyl (C=O) groups excluding carboxylic acids is 3. The first-order valence-corrected chi connectivity index (χ1v) is 10.3. The highest BCUT2D eigenvalue weighted by molar-refractivity contribution is 5.92. The Balaban J connectivity index is 2.42. The molecule has 176 valence electrons. The summed E-state index contributed by atoms with van der Waals surface area (Å²) in [4.78, 5) is 34.3. The summed E-state index contributed by atoms with van der Waals surface area (Å²) in [7, 11) is 0. The molecule has 0 spiro atoms. The van der Waals surface area contributed by atoms with Gasteiger partial charge in [-0.1, -0.05) is 25.3 Å². The highest BCUT2D eigenvalue weighted by Gasteiger charge is 2.19. The first kappa shape index (κ1) is 26.9. The number of esters is 3. The van der Waals surface area contributed by atoms with Crippen molar-refractivity contribution in [3.8, 4) is 5.75 Å². The highest BCUT2D eigenvalue weighted by Crippen LogP contribution is 2.22. The Morgan fingerprint density at radius 3 is 1.94 bits per heavy atom. The predicted octanol–water partition coefficient (Wildman–Crippen LogP) is 2.66. The number of hydrogen-bond acceptors (Lipinski definition) is 9. The zero-order valence-electron chi connectivity index (χ0n) is 17.9. The minimum absolute atomic E-state index is 0.0606. The molecular formula is C23H30O9. The average molecular weight is 450 g/mol. The van der Waals surface area contributed by atoms with Gasteiger partial charge in [0.25, 0.3) is 0 Å². The third-order valence-electron chi connectivity index (χ3n) is 4.13. The first-order chi connectivity index (χ1) is 15.4. The maximum atomic E-state index is 12.4. The fourth-order valence-corrected chi connectivity index (χ4v) is 2.49. The molecule has 0 aliphatic rings. The van der Waals surface area contributed by atoms with E-state index in [2.05, 4.69) is 13.2 Å². The fraction of sp³-hybridized carbons (Fsp3) is 0.435. The third-order valence-corrected chi connectivity index (χ3v) is 4.13. The highest BCUT2D eigenvalue weighted by atomic mass is 16.6. The number of para-hydroxylation sites is 1. The van der Waals surface area contributed by atoms with E-state index in [1.165, 1.54) is 12.1 Å². The Morgan fingerprint density at radius 2 is 1.38 bits per heavy atom. The van der Waals surface area contributed by atoms with Gasteiger partial charge in [0.1, 0.15) is 11.3 Å². The zero-order chi connectivity index (χ0) is 23.8. The number of hydrogen-bond donors (Lipinski definition) is 2. The standard InChI is InChI=1S/C23H30O9/c1-3-19(24)29-15-9-7-13-21(26)31-18-12-6-5-11-17(18)23(28)32-22(27)14-8-10-16-30-20(25)4-2/h3-6,11-12,21-22,26-27H,1-2,7-10,13-16H2. The fourth-order valence-electron chi connectivity index (χ4n) is 2.49. The van der Waals surface area contributed by atoms with Gasteiger partial charge in [0.05, 0.1) is 13.2 Å². The second-order valence-electron chi connectivity index (χ2n) is 6.66. The summed E-state index contributed by atoms with van der Waals surface area (Å²) in [6, 6.07) is 6.20. The van der Waals surface area contributed by atoms with Gasteiger partial charge in [-0.3, -0.25) is 0 Å². The minimum atomic E-state index is -1.34. The molecule has 0 radical (unpaired) electrons. The number of aliphatic hydroxyl groups excluding tert-OH is 2. The van der Waals surface area contributed by atoms with Crippen LogP contribution >= 0.6 is 0 Å². The second kappa shape index (κ2) is 15.6. The van der Waals surface area contributed by atoms with Gasteiger partial charge in [-0.05, 0) is 37.8 Å². The van der Waals surface area contributed by atoms with E-state index < -0.39 is 30.5 Å². The number of ether oxygens (including phenoxy) is 4. The van der Waals surface area contributed by atoms with E-state index in [-0.39, 0.29) is 37.4 Å². The van der Waals surface area contributed by atoms with Crippen molar-refractivity contribution in [3.05, 3.63) is 55.1 Å². The minimum Gasteiger partial charge on any atom is -0.464 e. The van der Waals surface area contributed by atoms with Gasteiger partial charge in [-0.15, -0.1) is 0 Å². The molecule has 0 saturated carbocycles. The first-order valence-electron chi connectivity index (χ1n) is 10.3. The van der Waals surface area contributed by atoms with Crippen LogP contribution in [-0.2, 0) is 23.8 Å². The maximum absolute atomic E-state index is 12.4. The molecule has 0 aliphatic carbocycles. The Morgan fingerprint density at radius 1 is 0.844 bits per heavy atom. The summed E-state index contributed by atoms with van der Waals surface area (Å²) in [6.07, 6.45) is 2.07. The van der Waals surface area contributed by atoms with Crippen molar-refractivity contribution in [1.82, 2.24) is 0 Å². The molecule has 32 heavy (non-hydrogen) atoms. The molecule has 1 rings (SSSR count). The lowest BCUT2D eigenvalue weighted by Crippen LogP contribution is -2.21. The monoisotopic (exact) mass is 450 g/mol. The van der Waals surface area contributed by atoms with Crippen molar-refractivity contribution in [2.75, 3.05) is 13.2 Å². The molecule has 9 nitrogen and oxygen atoms in total. The van der Waals surface area contributed by atoms with Gasteiger partial charge in [-0.25, -0.2) is 14.4 Å². The Kier molecular flexibility index (Phi) is 13.1. The SMILES string of the molecule is C=CC(=O)OCCCCC(O)OC(=O)c1ccccc1OC(O)CCCCOC(=O)C=C. The summed E-state index contributed by atoms with van der Waals surface area (Å²) in [5, 5.41) is 20.0. The van der Waals surface area contributed by atoms with E-state index >= 15 is 0 Å². The van der Waals surface area contributed by atoms with E-state index in [0.717, 1.165) is 12.2 Å². The molecule has 1 aromatic carbocycles. The molecule has 0 heterocycles. The van der Waals surface area contributed by atoms with Crippen LogP contribution in [0.3, 0.4) is 0 Å². The van der Waals surface area contributed by atoms with Gasteiger partial charge in [-0.2, -0.15) is 0 Å². The van der Waals surface area contributed by atoms with Crippen LogP contribution in [0.25, 0.3) is 0 Å². The number of aliphatic hydroxyl groups is 2. The largest absolute Gasteiger partial charge is 0.464 e. The normalized spacial score (nSPS) is 12.2. The summed E-state index contributed by atoms with van der Waals surface area (Å²) < 4.78 is 20.1. The van der Waals surface area contributed by atoms with Gasteiger partial charge in [0.2, 0.25) is 6.29 Å². The van der Waals surface area contributed by atoms with E-state index in [0.29, 0.717) is 25.7 Å². The molecule has 0 aromatic heterocycles. The van der Waals surface area contributed by atoms with Crippen LogP contribution in [0.1, 0.15) is 48.9 Å². The van der Waals surface area contributed by atoms with Crippen molar-refractivity contribution in [2.24, 2.45) is 0 Å². The molecule has 9 heteroatoms. The second-order valence-corrected chi connectivity index (χ2v) is 6.66. The van der Waals surface area contributed by atoms with E-state index in [1.807, 2.05) is 0 Å². The van der Waals surface area contributed by atoms with Crippen LogP contribution in [0.5, 0.6) is 5.75 Å². The van der Waals surface area contributed by atoms with Gasteiger partial charge in [0.15, 0.2) is 6.29 Å². The Labute approximate surface area is 187 Å². The van der Waals surface area contributed by atoms with Crippen molar-refractivity contribution >= 4 is 17.9 Å². The molecule has 2 N–H and O–H groups in total. The van der Waals surface area contributed by atoms with E-state index in [4.69, 9.17) is 18.9 Å². The third kappa shape index (κ3) is 11.3. The number of rotatable bonds is 16. The summed E-state index contributed by atoms with van der Waals surface area (Å²) in [6.45, 7) is 6.97. The number of unbranched alkanes of at least 4 members (excludes halogenated alkanes) is 2. The average Bonchev–Trinajstić information content (AvgIpc) is 2.78. The van der Waals surface area contributed by atoms with Crippen LogP contribution in [0.4, 0.5) is 0 Å². The predicted molar refractivity (Wildman–Crippen MR) is 115 cm³/mol.